The zero-order valence-corrected chi connectivity index (χ0v) is 11.3. The van der Waals surface area contributed by atoms with Gasteiger partial charge in [0.1, 0.15) is 6.04 Å². The number of carboxylic acid groups (broad SMARTS) is 1. The van der Waals surface area contributed by atoms with Crippen LogP contribution in [-0.2, 0) is 9.59 Å². The van der Waals surface area contributed by atoms with E-state index in [1.807, 2.05) is 6.92 Å². The van der Waals surface area contributed by atoms with Crippen molar-refractivity contribution < 1.29 is 24.6 Å². The molecule has 0 fully saturated rings. The Hall–Kier alpha value is -1.83. The molecule has 110 valence electrons. The molecule has 0 rings (SSSR count). The van der Waals surface area contributed by atoms with Crippen LogP contribution < -0.4 is 16.4 Å². The van der Waals surface area contributed by atoms with Gasteiger partial charge in [-0.25, -0.2) is 9.59 Å². The molecular formula is C11H21N3O5. The third kappa shape index (κ3) is 5.56. The summed E-state index contributed by atoms with van der Waals surface area (Å²) >= 11 is 0. The summed E-state index contributed by atoms with van der Waals surface area (Å²) in [4.78, 5) is 33.4. The molecule has 3 unspecified atom stereocenters. The highest BCUT2D eigenvalue weighted by Crippen LogP contribution is 2.08. The number of aliphatic carboxylic acids is 1. The van der Waals surface area contributed by atoms with Crippen LogP contribution in [0.5, 0.6) is 0 Å². The minimum Gasteiger partial charge on any atom is -0.479 e. The van der Waals surface area contributed by atoms with E-state index in [9.17, 15) is 19.5 Å². The van der Waals surface area contributed by atoms with Gasteiger partial charge in [0.15, 0.2) is 5.60 Å². The monoisotopic (exact) mass is 275 g/mol. The largest absolute Gasteiger partial charge is 0.479 e. The van der Waals surface area contributed by atoms with E-state index in [4.69, 9.17) is 10.8 Å². The maximum atomic E-state index is 11.9. The maximum absolute atomic E-state index is 11.9. The SMILES string of the molecule is CCC(C)C(NC(N)=O)C(=O)NCC(C)(O)C(=O)O. The van der Waals surface area contributed by atoms with Gasteiger partial charge >= 0.3 is 12.0 Å². The zero-order valence-electron chi connectivity index (χ0n) is 11.3. The number of urea groups is 1. The van der Waals surface area contributed by atoms with E-state index in [-0.39, 0.29) is 5.92 Å². The summed E-state index contributed by atoms with van der Waals surface area (Å²) < 4.78 is 0. The molecule has 3 atom stereocenters. The molecular weight excluding hydrogens is 254 g/mol. The number of carbonyl (C=O) groups excluding carboxylic acids is 2. The first-order valence-corrected chi connectivity index (χ1v) is 5.91. The van der Waals surface area contributed by atoms with Gasteiger partial charge in [-0.3, -0.25) is 4.79 Å². The van der Waals surface area contributed by atoms with Gasteiger partial charge < -0.3 is 26.6 Å². The minimum absolute atomic E-state index is 0.178. The Morgan fingerprint density at radius 1 is 1.37 bits per heavy atom. The fraction of sp³-hybridized carbons (Fsp3) is 0.727. The number of rotatable bonds is 7. The Bertz CT molecular complexity index is 356. The Kier molecular flexibility index (Phi) is 6.26. The zero-order chi connectivity index (χ0) is 15.2. The van der Waals surface area contributed by atoms with Crippen molar-refractivity contribution in [2.24, 2.45) is 11.7 Å². The third-order valence-electron chi connectivity index (χ3n) is 2.86. The molecule has 0 aromatic carbocycles. The van der Waals surface area contributed by atoms with E-state index in [1.165, 1.54) is 0 Å². The average molecular weight is 275 g/mol. The van der Waals surface area contributed by atoms with E-state index < -0.39 is 36.1 Å². The fourth-order valence-corrected chi connectivity index (χ4v) is 1.30. The van der Waals surface area contributed by atoms with Crippen LogP contribution >= 0.6 is 0 Å². The van der Waals surface area contributed by atoms with E-state index in [0.29, 0.717) is 6.42 Å². The Balaban J connectivity index is 4.65. The second-order valence-electron chi connectivity index (χ2n) is 4.67. The second kappa shape index (κ2) is 6.93. The Morgan fingerprint density at radius 2 is 1.89 bits per heavy atom. The predicted octanol–water partition coefficient (Wildman–Crippen LogP) is -0.979. The molecule has 0 bridgehead atoms. The number of aliphatic hydroxyl groups is 1. The van der Waals surface area contributed by atoms with Crippen molar-refractivity contribution in [1.82, 2.24) is 10.6 Å². The molecule has 0 aromatic heterocycles. The van der Waals surface area contributed by atoms with E-state index >= 15 is 0 Å². The van der Waals surface area contributed by atoms with Crippen LogP contribution in [0.4, 0.5) is 4.79 Å². The molecule has 8 heteroatoms. The van der Waals surface area contributed by atoms with E-state index in [2.05, 4.69) is 10.6 Å². The standard InChI is InChI=1S/C11H21N3O5/c1-4-6(2)7(14-10(12)18)8(15)13-5-11(3,19)9(16)17/h6-7,19H,4-5H2,1-3H3,(H,13,15)(H,16,17)(H3,12,14,18). The second-order valence-corrected chi connectivity index (χ2v) is 4.67. The first-order valence-electron chi connectivity index (χ1n) is 5.91. The third-order valence-corrected chi connectivity index (χ3v) is 2.86. The van der Waals surface area contributed by atoms with Gasteiger partial charge in [-0.2, -0.15) is 0 Å². The maximum Gasteiger partial charge on any atom is 0.337 e. The van der Waals surface area contributed by atoms with Crippen molar-refractivity contribution in [3.05, 3.63) is 0 Å². The van der Waals surface area contributed by atoms with Crippen molar-refractivity contribution in [2.45, 2.75) is 38.8 Å². The quantitative estimate of drug-likeness (QED) is 0.406. The molecule has 0 aliphatic heterocycles. The summed E-state index contributed by atoms with van der Waals surface area (Å²) in [5.74, 6) is -2.22. The minimum atomic E-state index is -2.07. The van der Waals surface area contributed by atoms with Crippen LogP contribution in [0.3, 0.4) is 0 Å². The van der Waals surface area contributed by atoms with Crippen molar-refractivity contribution in [2.75, 3.05) is 6.54 Å². The molecule has 8 nitrogen and oxygen atoms in total. The van der Waals surface area contributed by atoms with Crippen LogP contribution in [0.2, 0.25) is 0 Å². The molecule has 0 saturated carbocycles. The van der Waals surface area contributed by atoms with Gasteiger partial charge in [0, 0.05) is 0 Å². The fourth-order valence-electron chi connectivity index (χ4n) is 1.30. The molecule has 0 aromatic rings. The van der Waals surface area contributed by atoms with Crippen LogP contribution in [0.25, 0.3) is 0 Å². The van der Waals surface area contributed by atoms with Crippen molar-refractivity contribution in [3.63, 3.8) is 0 Å². The van der Waals surface area contributed by atoms with Gasteiger partial charge in [0.25, 0.3) is 0 Å². The number of hydrogen-bond donors (Lipinski definition) is 5. The molecule has 0 spiro atoms. The van der Waals surface area contributed by atoms with E-state index in [1.54, 1.807) is 6.92 Å². The molecule has 0 heterocycles. The smallest absolute Gasteiger partial charge is 0.337 e. The van der Waals surface area contributed by atoms with Gasteiger partial charge in [-0.1, -0.05) is 20.3 Å². The Morgan fingerprint density at radius 3 is 2.26 bits per heavy atom. The van der Waals surface area contributed by atoms with Crippen LogP contribution in [-0.4, -0.2) is 46.3 Å². The number of primary amides is 1. The summed E-state index contributed by atoms with van der Waals surface area (Å²) in [5.41, 5.74) is 2.91. The summed E-state index contributed by atoms with van der Waals surface area (Å²) in [5, 5.41) is 22.8. The average Bonchev–Trinajstić information content (AvgIpc) is 2.31. The number of carbonyl (C=O) groups is 3. The molecule has 0 radical (unpaired) electrons. The molecule has 3 amide bonds. The summed E-state index contributed by atoms with van der Waals surface area (Å²) in [6.07, 6.45) is 0.619. The van der Waals surface area contributed by atoms with Gasteiger partial charge in [0.05, 0.1) is 6.54 Å². The van der Waals surface area contributed by atoms with Crippen LogP contribution in [0.15, 0.2) is 0 Å². The lowest BCUT2D eigenvalue weighted by Gasteiger charge is -2.25. The lowest BCUT2D eigenvalue weighted by molar-refractivity contribution is -0.156. The topological polar surface area (TPSA) is 142 Å². The van der Waals surface area contributed by atoms with Crippen molar-refractivity contribution in [3.8, 4) is 0 Å². The molecule has 6 N–H and O–H groups in total. The summed E-state index contributed by atoms with van der Waals surface area (Å²) in [7, 11) is 0. The lowest BCUT2D eigenvalue weighted by Crippen LogP contribution is -2.55. The number of amides is 3. The van der Waals surface area contributed by atoms with Crippen LogP contribution in [0.1, 0.15) is 27.2 Å². The molecule has 0 aliphatic carbocycles. The van der Waals surface area contributed by atoms with E-state index in [0.717, 1.165) is 6.92 Å². The highest BCUT2D eigenvalue weighted by molar-refractivity contribution is 5.87. The van der Waals surface area contributed by atoms with Crippen molar-refractivity contribution >= 4 is 17.9 Å². The number of nitrogens with two attached hydrogens (primary N) is 1. The first-order chi connectivity index (χ1) is 8.61. The van der Waals surface area contributed by atoms with Gasteiger partial charge in [0.2, 0.25) is 5.91 Å². The van der Waals surface area contributed by atoms with Gasteiger partial charge in [-0.15, -0.1) is 0 Å². The normalized spacial score (nSPS) is 16.8. The molecule has 0 aliphatic rings. The number of carboxylic acids is 1. The predicted molar refractivity (Wildman–Crippen MR) is 67.2 cm³/mol. The summed E-state index contributed by atoms with van der Waals surface area (Å²) in [6, 6.07) is -1.71. The molecule has 19 heavy (non-hydrogen) atoms. The van der Waals surface area contributed by atoms with Crippen molar-refractivity contribution in [1.29, 1.82) is 0 Å². The highest BCUT2D eigenvalue weighted by Gasteiger charge is 2.32. The summed E-state index contributed by atoms with van der Waals surface area (Å²) in [6.45, 7) is 4.18. The van der Waals surface area contributed by atoms with Crippen LogP contribution in [0, 0.1) is 5.92 Å². The van der Waals surface area contributed by atoms with Gasteiger partial charge in [-0.05, 0) is 12.8 Å². The first kappa shape index (κ1) is 17.2. The molecule has 0 saturated heterocycles. The number of hydrogen-bond acceptors (Lipinski definition) is 4. The Labute approximate surface area is 111 Å². The lowest BCUT2D eigenvalue weighted by atomic mass is 9.98. The number of nitrogens with one attached hydrogen (secondary N) is 2. The highest BCUT2D eigenvalue weighted by atomic mass is 16.4.